The average molecular weight is 276 g/mol. The van der Waals surface area contributed by atoms with Gasteiger partial charge in [-0.2, -0.15) is 0 Å². The van der Waals surface area contributed by atoms with Crippen LogP contribution in [-0.4, -0.2) is 17.4 Å². The van der Waals surface area contributed by atoms with Gasteiger partial charge in [-0.3, -0.25) is 9.78 Å². The van der Waals surface area contributed by atoms with Crippen LogP contribution in [-0.2, 0) is 0 Å². The van der Waals surface area contributed by atoms with Crippen molar-refractivity contribution in [3.05, 3.63) is 53.3 Å². The number of nitrogens with zero attached hydrogens (tertiary/aromatic N) is 2. The Balaban J connectivity index is 2.39. The van der Waals surface area contributed by atoms with Crippen molar-refractivity contribution in [1.82, 2.24) is 4.98 Å². The minimum atomic E-state index is -0.175. The molecule has 2 rings (SSSR count). The van der Waals surface area contributed by atoms with E-state index < -0.39 is 0 Å². The quantitative estimate of drug-likeness (QED) is 0.876. The maximum absolute atomic E-state index is 12.5. The van der Waals surface area contributed by atoms with E-state index in [9.17, 15) is 4.79 Å². The summed E-state index contributed by atoms with van der Waals surface area (Å²) in [5.74, 6) is -0.175. The third kappa shape index (κ3) is 2.69. The number of aromatic nitrogens is 1. The summed E-state index contributed by atoms with van der Waals surface area (Å²) in [5.41, 5.74) is 7.31. The minimum absolute atomic E-state index is 0.175. The monoisotopic (exact) mass is 275 g/mol. The second-order valence-corrected chi connectivity index (χ2v) is 4.34. The fourth-order valence-electron chi connectivity index (χ4n) is 1.83. The maximum atomic E-state index is 12.5. The van der Waals surface area contributed by atoms with Gasteiger partial charge in [-0.05, 0) is 31.2 Å². The lowest BCUT2D eigenvalue weighted by molar-refractivity contribution is 0.0988. The molecule has 0 spiro atoms. The highest BCUT2D eigenvalue weighted by atomic mass is 35.5. The molecular formula is C14H14ClN3O. The predicted molar refractivity (Wildman–Crippen MR) is 77.5 cm³/mol. The number of rotatable bonds is 3. The summed E-state index contributed by atoms with van der Waals surface area (Å²) in [5, 5.41) is 0.292. The Kier molecular flexibility index (Phi) is 4.02. The molecule has 98 valence electrons. The Bertz CT molecular complexity index is 586. The first-order valence-corrected chi connectivity index (χ1v) is 6.28. The number of hydrogen-bond acceptors (Lipinski definition) is 3. The zero-order valence-corrected chi connectivity index (χ0v) is 11.3. The van der Waals surface area contributed by atoms with Crippen molar-refractivity contribution in [2.45, 2.75) is 6.92 Å². The molecule has 0 aliphatic rings. The number of carbonyl (C=O) groups is 1. The van der Waals surface area contributed by atoms with Crippen LogP contribution in [0.5, 0.6) is 0 Å². The standard InChI is InChI=1S/C14H14ClN3O/c1-2-18(10-6-8-17-9-7-10)14(19)11-4-3-5-12(16)13(11)15/h3-9H,2,16H2,1H3. The number of pyridine rings is 1. The van der Waals surface area contributed by atoms with Gasteiger partial charge in [-0.25, -0.2) is 0 Å². The van der Waals surface area contributed by atoms with Gasteiger partial charge in [0, 0.05) is 24.6 Å². The van der Waals surface area contributed by atoms with E-state index in [4.69, 9.17) is 17.3 Å². The topological polar surface area (TPSA) is 59.2 Å². The van der Waals surface area contributed by atoms with E-state index in [1.54, 1.807) is 47.6 Å². The van der Waals surface area contributed by atoms with E-state index in [2.05, 4.69) is 4.98 Å². The summed E-state index contributed by atoms with van der Waals surface area (Å²) in [6, 6.07) is 8.62. The Hall–Kier alpha value is -2.07. The van der Waals surface area contributed by atoms with E-state index in [0.29, 0.717) is 22.8 Å². The van der Waals surface area contributed by atoms with Crippen LogP contribution >= 0.6 is 11.6 Å². The van der Waals surface area contributed by atoms with Crippen LogP contribution in [0.3, 0.4) is 0 Å². The van der Waals surface area contributed by atoms with Crippen LogP contribution in [0.1, 0.15) is 17.3 Å². The Morgan fingerprint density at radius 2 is 2.00 bits per heavy atom. The molecule has 0 unspecified atom stereocenters. The van der Waals surface area contributed by atoms with Gasteiger partial charge in [0.2, 0.25) is 0 Å². The lowest BCUT2D eigenvalue weighted by atomic mass is 10.1. The molecule has 0 saturated heterocycles. The van der Waals surface area contributed by atoms with E-state index in [1.807, 2.05) is 6.92 Å². The number of benzene rings is 1. The van der Waals surface area contributed by atoms with Crippen molar-refractivity contribution >= 4 is 28.9 Å². The Morgan fingerprint density at radius 3 is 2.63 bits per heavy atom. The molecule has 4 nitrogen and oxygen atoms in total. The van der Waals surface area contributed by atoms with Crippen LogP contribution in [0.4, 0.5) is 11.4 Å². The van der Waals surface area contributed by atoms with Gasteiger partial charge < -0.3 is 10.6 Å². The fourth-order valence-corrected chi connectivity index (χ4v) is 2.03. The summed E-state index contributed by atoms with van der Waals surface area (Å²) >= 11 is 6.09. The molecule has 0 aliphatic heterocycles. The average Bonchev–Trinajstić information content (AvgIpc) is 2.44. The molecule has 19 heavy (non-hydrogen) atoms. The molecule has 1 heterocycles. The lowest BCUT2D eigenvalue weighted by Gasteiger charge is -2.21. The molecule has 1 aromatic carbocycles. The van der Waals surface area contributed by atoms with Crippen LogP contribution in [0.2, 0.25) is 5.02 Å². The molecule has 2 aromatic rings. The van der Waals surface area contributed by atoms with Crippen molar-refractivity contribution in [2.24, 2.45) is 0 Å². The predicted octanol–water partition coefficient (Wildman–Crippen LogP) is 2.98. The van der Waals surface area contributed by atoms with Crippen LogP contribution in [0.25, 0.3) is 0 Å². The summed E-state index contributed by atoms with van der Waals surface area (Å²) in [4.78, 5) is 18.1. The third-order valence-corrected chi connectivity index (χ3v) is 3.22. The van der Waals surface area contributed by atoms with Gasteiger partial charge in [0.05, 0.1) is 16.3 Å². The normalized spacial score (nSPS) is 10.2. The van der Waals surface area contributed by atoms with Crippen molar-refractivity contribution < 1.29 is 4.79 Å². The number of halogens is 1. The molecule has 0 bridgehead atoms. The van der Waals surface area contributed by atoms with Gasteiger partial charge in [0.15, 0.2) is 0 Å². The number of nitrogen functional groups attached to an aromatic ring is 1. The second-order valence-electron chi connectivity index (χ2n) is 3.96. The van der Waals surface area contributed by atoms with Gasteiger partial charge >= 0.3 is 0 Å². The maximum Gasteiger partial charge on any atom is 0.259 e. The van der Waals surface area contributed by atoms with Crippen molar-refractivity contribution in [2.75, 3.05) is 17.2 Å². The molecule has 1 aromatic heterocycles. The van der Waals surface area contributed by atoms with Gasteiger partial charge in [-0.15, -0.1) is 0 Å². The van der Waals surface area contributed by atoms with E-state index in [1.165, 1.54) is 0 Å². The molecule has 0 atom stereocenters. The SMILES string of the molecule is CCN(C(=O)c1cccc(N)c1Cl)c1ccncc1. The van der Waals surface area contributed by atoms with Crippen molar-refractivity contribution in [1.29, 1.82) is 0 Å². The van der Waals surface area contributed by atoms with Gasteiger partial charge in [0.25, 0.3) is 5.91 Å². The highest BCUT2D eigenvalue weighted by Crippen LogP contribution is 2.26. The zero-order valence-electron chi connectivity index (χ0n) is 10.5. The van der Waals surface area contributed by atoms with Crippen molar-refractivity contribution in [3.8, 4) is 0 Å². The van der Waals surface area contributed by atoms with Crippen molar-refractivity contribution in [3.63, 3.8) is 0 Å². The summed E-state index contributed by atoms with van der Waals surface area (Å²) < 4.78 is 0. The summed E-state index contributed by atoms with van der Waals surface area (Å²) in [6.07, 6.45) is 3.29. The van der Waals surface area contributed by atoms with Crippen LogP contribution < -0.4 is 10.6 Å². The fraction of sp³-hybridized carbons (Fsp3) is 0.143. The Morgan fingerprint density at radius 1 is 1.32 bits per heavy atom. The molecular weight excluding hydrogens is 262 g/mol. The van der Waals surface area contributed by atoms with Crippen LogP contribution in [0, 0.1) is 0 Å². The molecule has 2 N–H and O–H groups in total. The molecule has 0 aliphatic carbocycles. The minimum Gasteiger partial charge on any atom is -0.398 e. The number of carbonyl (C=O) groups excluding carboxylic acids is 1. The van der Waals surface area contributed by atoms with Gasteiger partial charge in [-0.1, -0.05) is 17.7 Å². The highest BCUT2D eigenvalue weighted by Gasteiger charge is 2.19. The van der Waals surface area contributed by atoms with Gasteiger partial charge in [0.1, 0.15) is 0 Å². The number of amides is 1. The molecule has 1 amide bonds. The largest absolute Gasteiger partial charge is 0.398 e. The second kappa shape index (κ2) is 5.71. The lowest BCUT2D eigenvalue weighted by Crippen LogP contribution is -2.30. The van der Waals surface area contributed by atoms with Crippen LogP contribution in [0.15, 0.2) is 42.7 Å². The first-order chi connectivity index (χ1) is 9.15. The Labute approximate surface area is 116 Å². The zero-order chi connectivity index (χ0) is 13.8. The van der Waals surface area contributed by atoms with E-state index in [-0.39, 0.29) is 5.91 Å². The smallest absolute Gasteiger partial charge is 0.259 e. The molecule has 0 radical (unpaired) electrons. The number of hydrogen-bond donors (Lipinski definition) is 1. The number of nitrogens with two attached hydrogens (primary N) is 1. The summed E-state index contributed by atoms with van der Waals surface area (Å²) in [7, 11) is 0. The first kappa shape index (κ1) is 13.4. The van der Waals surface area contributed by atoms with E-state index >= 15 is 0 Å². The highest BCUT2D eigenvalue weighted by molar-refractivity contribution is 6.36. The first-order valence-electron chi connectivity index (χ1n) is 5.91. The molecule has 0 saturated carbocycles. The third-order valence-electron chi connectivity index (χ3n) is 2.79. The van der Waals surface area contributed by atoms with E-state index in [0.717, 1.165) is 5.69 Å². The molecule has 5 heteroatoms. The number of anilines is 2. The summed E-state index contributed by atoms with van der Waals surface area (Å²) in [6.45, 7) is 2.44. The molecule has 0 fully saturated rings.